The third-order valence-electron chi connectivity index (χ3n) is 2.25. The van der Waals surface area contributed by atoms with Gasteiger partial charge >= 0.3 is 0 Å². The lowest BCUT2D eigenvalue weighted by Gasteiger charge is -2.06. The van der Waals surface area contributed by atoms with Crippen molar-refractivity contribution in [1.82, 2.24) is 9.97 Å². The second-order valence-electron chi connectivity index (χ2n) is 3.96. The molecule has 0 aliphatic carbocycles. The Balaban J connectivity index is 1.92. The number of aromatic nitrogens is 2. The van der Waals surface area contributed by atoms with Gasteiger partial charge in [-0.2, -0.15) is 0 Å². The van der Waals surface area contributed by atoms with Crippen LogP contribution in [0.2, 0.25) is 0 Å². The maximum atomic E-state index is 11.8. The Morgan fingerprint density at radius 3 is 2.50 bits per heavy atom. The molecule has 0 aliphatic heterocycles. The van der Waals surface area contributed by atoms with Gasteiger partial charge in [0, 0.05) is 17.4 Å². The third kappa shape index (κ3) is 4.02. The first kappa shape index (κ1) is 13.9. The molecule has 1 aromatic carbocycles. The molecule has 7 nitrogen and oxygen atoms in total. The van der Waals surface area contributed by atoms with E-state index in [-0.39, 0.29) is 23.3 Å². The number of benzene rings is 1. The van der Waals surface area contributed by atoms with Crippen LogP contribution in [0.15, 0.2) is 35.5 Å². The Morgan fingerprint density at radius 2 is 1.85 bits per heavy atom. The number of amides is 1. The second-order valence-corrected chi connectivity index (χ2v) is 4.91. The van der Waals surface area contributed by atoms with E-state index in [9.17, 15) is 4.79 Å². The van der Waals surface area contributed by atoms with Crippen molar-refractivity contribution in [3.63, 3.8) is 0 Å². The van der Waals surface area contributed by atoms with Gasteiger partial charge in [0.25, 0.3) is 0 Å². The summed E-state index contributed by atoms with van der Waals surface area (Å²) in [6, 6.07) is 8.40. The van der Waals surface area contributed by atoms with Crippen LogP contribution in [0, 0.1) is 0 Å². The van der Waals surface area contributed by atoms with Gasteiger partial charge in [-0.05, 0) is 18.2 Å². The molecule has 0 bridgehead atoms. The summed E-state index contributed by atoms with van der Waals surface area (Å²) >= 11 is 1.15. The Bertz CT molecular complexity index is 613. The van der Waals surface area contributed by atoms with Crippen LogP contribution >= 0.6 is 11.8 Å². The number of carbonyl (C=O) groups excluding carboxylic acids is 1. The molecule has 1 aromatic heterocycles. The van der Waals surface area contributed by atoms with Crippen LogP contribution in [0.4, 0.5) is 23.0 Å². The van der Waals surface area contributed by atoms with Gasteiger partial charge in [0.1, 0.15) is 11.6 Å². The van der Waals surface area contributed by atoms with Crippen LogP contribution in [0.1, 0.15) is 0 Å². The highest BCUT2D eigenvalue weighted by molar-refractivity contribution is 7.99. The summed E-state index contributed by atoms with van der Waals surface area (Å²) in [7, 11) is 0. The van der Waals surface area contributed by atoms with Crippen molar-refractivity contribution < 1.29 is 4.79 Å². The molecule has 20 heavy (non-hydrogen) atoms. The largest absolute Gasteiger partial charge is 0.399 e. The van der Waals surface area contributed by atoms with Crippen molar-refractivity contribution in [2.24, 2.45) is 0 Å². The van der Waals surface area contributed by atoms with Crippen LogP contribution in [-0.2, 0) is 4.79 Å². The van der Waals surface area contributed by atoms with E-state index in [4.69, 9.17) is 17.2 Å². The van der Waals surface area contributed by atoms with E-state index in [1.54, 1.807) is 24.3 Å². The summed E-state index contributed by atoms with van der Waals surface area (Å²) in [5.74, 6) is 0.509. The minimum Gasteiger partial charge on any atom is -0.399 e. The molecule has 2 rings (SSSR count). The maximum absolute atomic E-state index is 11.8. The second kappa shape index (κ2) is 6.11. The number of nitrogens with one attached hydrogen (secondary N) is 1. The fraction of sp³-hybridized carbons (Fsp3) is 0.0833. The van der Waals surface area contributed by atoms with Gasteiger partial charge in [-0.15, -0.1) is 0 Å². The van der Waals surface area contributed by atoms with Gasteiger partial charge in [0.05, 0.1) is 5.75 Å². The molecule has 1 heterocycles. The van der Waals surface area contributed by atoms with E-state index in [2.05, 4.69) is 15.3 Å². The Labute approximate surface area is 120 Å². The fourth-order valence-corrected chi connectivity index (χ4v) is 2.14. The van der Waals surface area contributed by atoms with Crippen LogP contribution in [0.25, 0.3) is 0 Å². The summed E-state index contributed by atoms with van der Waals surface area (Å²) in [4.78, 5) is 19.7. The van der Waals surface area contributed by atoms with E-state index >= 15 is 0 Å². The van der Waals surface area contributed by atoms with Crippen LogP contribution in [0.3, 0.4) is 0 Å². The molecular weight excluding hydrogens is 276 g/mol. The lowest BCUT2D eigenvalue weighted by molar-refractivity contribution is -0.113. The molecule has 104 valence electrons. The molecule has 0 atom stereocenters. The number of nitrogens with zero attached hydrogens (tertiary/aromatic N) is 2. The summed E-state index contributed by atoms with van der Waals surface area (Å²) in [6.45, 7) is 0. The average Bonchev–Trinajstić information content (AvgIpc) is 2.35. The highest BCUT2D eigenvalue weighted by Crippen LogP contribution is 2.17. The lowest BCUT2D eigenvalue weighted by Crippen LogP contribution is -2.14. The first-order valence-electron chi connectivity index (χ1n) is 5.71. The van der Waals surface area contributed by atoms with Gasteiger partial charge < -0.3 is 22.5 Å². The topological polar surface area (TPSA) is 133 Å². The summed E-state index contributed by atoms with van der Waals surface area (Å²) in [6.07, 6.45) is 0. The van der Waals surface area contributed by atoms with E-state index in [1.165, 1.54) is 6.07 Å². The van der Waals surface area contributed by atoms with Crippen LogP contribution in [0.5, 0.6) is 0 Å². The Hall–Kier alpha value is -2.48. The quantitative estimate of drug-likeness (QED) is 0.374. The van der Waals surface area contributed by atoms with Gasteiger partial charge in [0.15, 0.2) is 5.16 Å². The number of carbonyl (C=O) groups is 1. The Kier molecular flexibility index (Phi) is 4.26. The zero-order valence-electron chi connectivity index (χ0n) is 10.5. The van der Waals surface area contributed by atoms with E-state index in [1.807, 2.05) is 0 Å². The van der Waals surface area contributed by atoms with Crippen molar-refractivity contribution in [1.29, 1.82) is 0 Å². The van der Waals surface area contributed by atoms with Crippen molar-refractivity contribution in [2.75, 3.05) is 28.3 Å². The zero-order valence-corrected chi connectivity index (χ0v) is 11.4. The first-order chi connectivity index (χ1) is 9.52. The molecule has 1 amide bonds. The van der Waals surface area contributed by atoms with E-state index < -0.39 is 0 Å². The fourth-order valence-electron chi connectivity index (χ4n) is 1.47. The third-order valence-corrected chi connectivity index (χ3v) is 3.10. The maximum Gasteiger partial charge on any atom is 0.234 e. The molecule has 0 aliphatic rings. The number of anilines is 4. The van der Waals surface area contributed by atoms with Crippen LogP contribution in [-0.4, -0.2) is 21.6 Å². The van der Waals surface area contributed by atoms with E-state index in [0.29, 0.717) is 16.5 Å². The van der Waals surface area contributed by atoms with Gasteiger partial charge in [-0.3, -0.25) is 4.79 Å². The SMILES string of the molecule is Nc1cccc(NC(=O)CSc2nc(N)cc(N)n2)c1. The van der Waals surface area contributed by atoms with Crippen molar-refractivity contribution in [2.45, 2.75) is 5.16 Å². The molecule has 0 unspecified atom stereocenters. The molecule has 0 saturated heterocycles. The van der Waals surface area contributed by atoms with Gasteiger partial charge in [-0.1, -0.05) is 17.8 Å². The predicted octanol–water partition coefficient (Wildman–Crippen LogP) is 0.954. The normalized spacial score (nSPS) is 10.2. The van der Waals surface area contributed by atoms with Crippen LogP contribution < -0.4 is 22.5 Å². The molecule has 7 N–H and O–H groups in total. The summed E-state index contributed by atoms with van der Waals surface area (Å²) in [5, 5.41) is 3.09. The molecule has 0 saturated carbocycles. The van der Waals surface area contributed by atoms with Gasteiger partial charge in [0.2, 0.25) is 5.91 Å². The predicted molar refractivity (Wildman–Crippen MR) is 81.1 cm³/mol. The number of hydrogen-bond donors (Lipinski definition) is 4. The molecule has 0 spiro atoms. The highest BCUT2D eigenvalue weighted by Gasteiger charge is 2.07. The molecule has 0 fully saturated rings. The number of thioether (sulfide) groups is 1. The van der Waals surface area contributed by atoms with Crippen molar-refractivity contribution in [3.05, 3.63) is 30.3 Å². The lowest BCUT2D eigenvalue weighted by atomic mass is 10.3. The number of rotatable bonds is 4. The molecule has 0 radical (unpaired) electrons. The average molecular weight is 290 g/mol. The Morgan fingerprint density at radius 1 is 1.15 bits per heavy atom. The number of nitrogens with two attached hydrogens (primary N) is 3. The monoisotopic (exact) mass is 290 g/mol. The minimum atomic E-state index is -0.190. The number of nitrogen functional groups attached to an aromatic ring is 3. The minimum absolute atomic E-state index is 0.150. The molecular formula is C12H14N6OS. The molecule has 2 aromatic rings. The standard InChI is InChI=1S/C12H14N6OS/c13-7-2-1-3-8(4-7)16-11(19)6-20-12-17-9(14)5-10(15)18-12/h1-5H,6,13H2,(H,16,19)(H4,14,15,17,18). The first-order valence-corrected chi connectivity index (χ1v) is 6.70. The molecule has 8 heteroatoms. The summed E-state index contributed by atoms with van der Waals surface area (Å²) in [5.41, 5.74) is 18.0. The van der Waals surface area contributed by atoms with E-state index in [0.717, 1.165) is 11.8 Å². The zero-order chi connectivity index (χ0) is 14.5. The summed E-state index contributed by atoms with van der Waals surface area (Å²) < 4.78 is 0. The number of hydrogen-bond acceptors (Lipinski definition) is 7. The smallest absolute Gasteiger partial charge is 0.234 e. The highest BCUT2D eigenvalue weighted by atomic mass is 32.2. The van der Waals surface area contributed by atoms with Crippen molar-refractivity contribution in [3.8, 4) is 0 Å². The van der Waals surface area contributed by atoms with Gasteiger partial charge in [-0.25, -0.2) is 9.97 Å². The van der Waals surface area contributed by atoms with Crippen molar-refractivity contribution >= 4 is 40.7 Å².